The van der Waals surface area contributed by atoms with Crippen LogP contribution in [0.2, 0.25) is 0 Å². The highest BCUT2D eigenvalue weighted by Gasteiger charge is 2.30. The number of ether oxygens (including phenoxy) is 1. The number of benzene rings is 1. The average Bonchev–Trinajstić information content (AvgIpc) is 3.09. The van der Waals surface area contributed by atoms with Crippen molar-refractivity contribution in [3.8, 4) is 5.88 Å². The van der Waals surface area contributed by atoms with Crippen molar-refractivity contribution in [2.24, 2.45) is 5.92 Å². The quantitative estimate of drug-likeness (QED) is 0.893. The summed E-state index contributed by atoms with van der Waals surface area (Å²) in [5.41, 5.74) is 1.70. The molecule has 0 radical (unpaired) electrons. The summed E-state index contributed by atoms with van der Waals surface area (Å²) in [6, 6.07) is 9.19. The van der Waals surface area contributed by atoms with E-state index in [-0.39, 0.29) is 12.6 Å². The third-order valence-corrected chi connectivity index (χ3v) is 4.24. The monoisotopic (exact) mass is 329 g/mol. The number of carboxylic acid groups (broad SMARTS) is 1. The van der Waals surface area contributed by atoms with E-state index < -0.39 is 11.9 Å². The van der Waals surface area contributed by atoms with E-state index in [0.717, 1.165) is 16.5 Å². The maximum Gasteiger partial charge on any atom is 0.317 e. The second-order valence-corrected chi connectivity index (χ2v) is 5.77. The van der Waals surface area contributed by atoms with E-state index in [2.05, 4.69) is 10.3 Å². The van der Waals surface area contributed by atoms with Crippen LogP contribution in [0.4, 0.5) is 4.79 Å². The van der Waals surface area contributed by atoms with Gasteiger partial charge in [0.25, 0.3) is 0 Å². The number of fused-ring (bicyclic) bond motifs is 1. The van der Waals surface area contributed by atoms with Crippen LogP contribution in [0.15, 0.2) is 30.3 Å². The number of aromatic nitrogens is 1. The fourth-order valence-corrected chi connectivity index (χ4v) is 2.90. The molecule has 0 saturated carbocycles. The maximum atomic E-state index is 12.3. The van der Waals surface area contributed by atoms with Crippen LogP contribution < -0.4 is 10.1 Å². The molecule has 1 fully saturated rings. The maximum absolute atomic E-state index is 12.3. The molecule has 0 spiro atoms. The molecule has 1 aliphatic rings. The minimum Gasteiger partial charge on any atom is -0.481 e. The molecule has 2 aromatic rings. The molecule has 1 atom stereocenters. The zero-order chi connectivity index (χ0) is 17.1. The second-order valence-electron chi connectivity index (χ2n) is 5.77. The Morgan fingerprint density at radius 3 is 2.92 bits per heavy atom. The minimum absolute atomic E-state index is 0.251. The van der Waals surface area contributed by atoms with E-state index in [1.807, 2.05) is 24.3 Å². The van der Waals surface area contributed by atoms with Gasteiger partial charge in [0.05, 0.1) is 18.5 Å². The second kappa shape index (κ2) is 6.74. The van der Waals surface area contributed by atoms with Crippen molar-refractivity contribution in [1.29, 1.82) is 0 Å². The van der Waals surface area contributed by atoms with Gasteiger partial charge in [-0.25, -0.2) is 9.78 Å². The summed E-state index contributed by atoms with van der Waals surface area (Å²) in [5.74, 6) is -0.835. The van der Waals surface area contributed by atoms with Crippen molar-refractivity contribution in [2.75, 3.05) is 20.2 Å². The first kappa shape index (κ1) is 16.0. The molecule has 2 amide bonds. The summed E-state index contributed by atoms with van der Waals surface area (Å²) >= 11 is 0. The Bertz CT molecular complexity index is 778. The van der Waals surface area contributed by atoms with E-state index in [4.69, 9.17) is 9.84 Å². The summed E-state index contributed by atoms with van der Waals surface area (Å²) in [7, 11) is 1.55. The lowest BCUT2D eigenvalue weighted by atomic mass is 10.1. The number of hydrogen-bond donors (Lipinski definition) is 2. The van der Waals surface area contributed by atoms with Gasteiger partial charge < -0.3 is 20.1 Å². The number of pyridine rings is 1. The number of nitrogens with zero attached hydrogens (tertiary/aromatic N) is 2. The fraction of sp³-hybridized carbons (Fsp3) is 0.353. The number of amides is 2. The van der Waals surface area contributed by atoms with Gasteiger partial charge in [-0.1, -0.05) is 18.2 Å². The lowest BCUT2D eigenvalue weighted by Crippen LogP contribution is -2.38. The molecule has 2 heterocycles. The molecule has 1 saturated heterocycles. The fourth-order valence-electron chi connectivity index (χ4n) is 2.90. The topological polar surface area (TPSA) is 91.8 Å². The number of carbonyl (C=O) groups is 2. The SMILES string of the molecule is COc1cc(CNC(=O)N2CCC(C(=O)O)C2)c2ccccc2n1. The normalized spacial score (nSPS) is 17.0. The third kappa shape index (κ3) is 3.24. The number of rotatable bonds is 4. The smallest absolute Gasteiger partial charge is 0.317 e. The van der Waals surface area contributed by atoms with Gasteiger partial charge in [0.2, 0.25) is 5.88 Å². The van der Waals surface area contributed by atoms with Gasteiger partial charge in [0, 0.05) is 31.1 Å². The van der Waals surface area contributed by atoms with Crippen LogP contribution >= 0.6 is 0 Å². The molecule has 126 valence electrons. The first-order chi connectivity index (χ1) is 11.6. The predicted molar refractivity (Wildman–Crippen MR) is 87.8 cm³/mol. The van der Waals surface area contributed by atoms with Crippen LogP contribution in [0.25, 0.3) is 10.9 Å². The van der Waals surface area contributed by atoms with E-state index in [1.165, 1.54) is 0 Å². The highest BCUT2D eigenvalue weighted by atomic mass is 16.5. The van der Waals surface area contributed by atoms with Gasteiger partial charge >= 0.3 is 12.0 Å². The predicted octanol–water partition coefficient (Wildman–Crippen LogP) is 1.86. The summed E-state index contributed by atoms with van der Waals surface area (Å²) in [6.45, 7) is 1.04. The lowest BCUT2D eigenvalue weighted by Gasteiger charge is -2.17. The first-order valence-corrected chi connectivity index (χ1v) is 7.76. The Morgan fingerprint density at radius 2 is 2.21 bits per heavy atom. The van der Waals surface area contributed by atoms with Gasteiger partial charge in [-0.05, 0) is 18.1 Å². The zero-order valence-electron chi connectivity index (χ0n) is 13.4. The van der Waals surface area contributed by atoms with Gasteiger partial charge in [-0.2, -0.15) is 0 Å². The zero-order valence-corrected chi connectivity index (χ0v) is 13.4. The summed E-state index contributed by atoms with van der Waals surface area (Å²) in [4.78, 5) is 29.2. The molecular weight excluding hydrogens is 310 g/mol. The average molecular weight is 329 g/mol. The van der Waals surface area contributed by atoms with Crippen molar-refractivity contribution in [1.82, 2.24) is 15.2 Å². The van der Waals surface area contributed by atoms with Gasteiger partial charge in [-0.3, -0.25) is 4.79 Å². The van der Waals surface area contributed by atoms with Crippen molar-refractivity contribution >= 4 is 22.9 Å². The van der Waals surface area contributed by atoms with Crippen molar-refractivity contribution in [3.05, 3.63) is 35.9 Å². The first-order valence-electron chi connectivity index (χ1n) is 7.76. The number of carboxylic acids is 1. The van der Waals surface area contributed by atoms with E-state index in [1.54, 1.807) is 18.1 Å². The highest BCUT2D eigenvalue weighted by molar-refractivity contribution is 5.83. The Hall–Kier alpha value is -2.83. The van der Waals surface area contributed by atoms with Crippen LogP contribution in [-0.4, -0.2) is 47.2 Å². The van der Waals surface area contributed by atoms with Gasteiger partial charge in [0.15, 0.2) is 0 Å². The van der Waals surface area contributed by atoms with Gasteiger partial charge in [0.1, 0.15) is 0 Å². The van der Waals surface area contributed by atoms with Crippen LogP contribution in [-0.2, 0) is 11.3 Å². The number of likely N-dealkylation sites (tertiary alicyclic amines) is 1. The Balaban J connectivity index is 1.71. The largest absolute Gasteiger partial charge is 0.481 e. The molecule has 0 bridgehead atoms. The lowest BCUT2D eigenvalue weighted by molar-refractivity contribution is -0.141. The molecule has 7 nitrogen and oxygen atoms in total. The third-order valence-electron chi connectivity index (χ3n) is 4.24. The number of methoxy groups -OCH3 is 1. The van der Waals surface area contributed by atoms with E-state index in [9.17, 15) is 9.59 Å². The van der Waals surface area contributed by atoms with Crippen LogP contribution in [0.3, 0.4) is 0 Å². The molecule has 1 aromatic carbocycles. The molecule has 2 N–H and O–H groups in total. The molecule has 3 rings (SSSR count). The molecule has 1 unspecified atom stereocenters. The van der Waals surface area contributed by atoms with Crippen LogP contribution in [0, 0.1) is 5.92 Å². The number of urea groups is 1. The summed E-state index contributed by atoms with van der Waals surface area (Å²) < 4.78 is 5.21. The van der Waals surface area contributed by atoms with Crippen molar-refractivity contribution < 1.29 is 19.4 Å². The van der Waals surface area contributed by atoms with E-state index >= 15 is 0 Å². The summed E-state index contributed by atoms with van der Waals surface area (Å²) in [6.07, 6.45) is 0.495. The molecule has 1 aliphatic heterocycles. The number of aliphatic carboxylic acids is 1. The minimum atomic E-state index is -0.852. The molecule has 24 heavy (non-hydrogen) atoms. The Morgan fingerprint density at radius 1 is 1.42 bits per heavy atom. The molecule has 7 heteroatoms. The van der Waals surface area contributed by atoms with Crippen molar-refractivity contribution in [3.63, 3.8) is 0 Å². The highest BCUT2D eigenvalue weighted by Crippen LogP contribution is 2.22. The van der Waals surface area contributed by atoms with Crippen molar-refractivity contribution in [2.45, 2.75) is 13.0 Å². The standard InChI is InChI=1S/C17H19N3O4/c1-24-15-8-12(13-4-2-3-5-14(13)19-15)9-18-17(23)20-7-6-11(10-20)16(21)22/h2-5,8,11H,6-7,9-10H2,1H3,(H,18,23)(H,21,22). The Kier molecular flexibility index (Phi) is 4.50. The molecule has 1 aromatic heterocycles. The number of para-hydroxylation sites is 1. The molecular formula is C17H19N3O4. The Labute approximate surface area is 139 Å². The number of nitrogens with one attached hydrogen (secondary N) is 1. The van der Waals surface area contributed by atoms with Crippen LogP contribution in [0.5, 0.6) is 5.88 Å². The number of hydrogen-bond acceptors (Lipinski definition) is 4. The van der Waals surface area contributed by atoms with E-state index in [0.29, 0.717) is 25.4 Å². The summed E-state index contributed by atoms with van der Waals surface area (Å²) in [5, 5.41) is 12.8. The molecule has 0 aliphatic carbocycles. The van der Waals surface area contributed by atoms with Gasteiger partial charge in [-0.15, -0.1) is 0 Å². The van der Waals surface area contributed by atoms with Crippen LogP contribution in [0.1, 0.15) is 12.0 Å². The number of carbonyl (C=O) groups excluding carboxylic acids is 1.